The number of nitrogen functional groups attached to an aromatic ring is 1. The molecule has 4 aromatic rings. The van der Waals surface area contributed by atoms with E-state index < -0.39 is 0 Å². The second kappa shape index (κ2) is 8.78. The van der Waals surface area contributed by atoms with Crippen LogP contribution in [0.3, 0.4) is 0 Å². The third-order valence-corrected chi connectivity index (χ3v) is 6.00. The number of carbonyl (C=O) groups excluding carboxylic acids is 1. The van der Waals surface area contributed by atoms with Crippen LogP contribution in [0.5, 0.6) is 6.01 Å². The third kappa shape index (κ3) is 4.05. The normalized spacial score (nSPS) is 14.0. The zero-order valence-electron chi connectivity index (χ0n) is 18.4. The molecule has 1 aliphatic heterocycles. The van der Waals surface area contributed by atoms with Crippen molar-refractivity contribution in [3.8, 4) is 17.1 Å². The Balaban J connectivity index is 1.27. The molecule has 0 unspecified atom stereocenters. The molecule has 3 aromatic heterocycles. The van der Waals surface area contributed by atoms with Gasteiger partial charge in [-0.2, -0.15) is 0 Å². The van der Waals surface area contributed by atoms with E-state index >= 15 is 0 Å². The van der Waals surface area contributed by atoms with Gasteiger partial charge in [-0.15, -0.1) is 0 Å². The fraction of sp³-hybridized carbons (Fsp3) is 0.250. The van der Waals surface area contributed by atoms with Crippen LogP contribution in [0.15, 0.2) is 61.2 Å². The number of aromatic nitrogens is 4. The highest BCUT2D eigenvalue weighted by molar-refractivity contribution is 5.89. The summed E-state index contributed by atoms with van der Waals surface area (Å²) >= 11 is 0. The van der Waals surface area contributed by atoms with Gasteiger partial charge < -0.3 is 24.8 Å². The number of amides is 1. The second-order valence-corrected chi connectivity index (χ2v) is 7.92. The van der Waals surface area contributed by atoms with Crippen molar-refractivity contribution in [1.82, 2.24) is 24.4 Å². The second-order valence-electron chi connectivity index (χ2n) is 7.92. The van der Waals surface area contributed by atoms with E-state index in [1.807, 2.05) is 33.9 Å². The number of nitrogens with zero attached hydrogens (tertiary/aromatic N) is 6. The summed E-state index contributed by atoms with van der Waals surface area (Å²) in [6.45, 7) is 3.05. The first-order valence-corrected chi connectivity index (χ1v) is 10.8. The van der Waals surface area contributed by atoms with E-state index in [4.69, 9.17) is 10.5 Å². The number of piperazine rings is 1. The molecule has 1 fully saturated rings. The summed E-state index contributed by atoms with van der Waals surface area (Å²) in [7, 11) is 1.55. The average Bonchev–Trinajstić information content (AvgIpc) is 3.28. The van der Waals surface area contributed by atoms with Crippen molar-refractivity contribution in [1.29, 1.82) is 0 Å². The summed E-state index contributed by atoms with van der Waals surface area (Å²) in [6, 6.07) is 12.2. The van der Waals surface area contributed by atoms with Crippen molar-refractivity contribution in [2.24, 2.45) is 0 Å². The maximum Gasteiger partial charge on any atom is 0.316 e. The van der Waals surface area contributed by atoms with Crippen molar-refractivity contribution >= 4 is 28.3 Å². The van der Waals surface area contributed by atoms with Crippen molar-refractivity contribution in [2.75, 3.05) is 43.9 Å². The molecule has 1 amide bonds. The van der Waals surface area contributed by atoms with Gasteiger partial charge in [-0.3, -0.25) is 4.79 Å². The van der Waals surface area contributed by atoms with E-state index in [-0.39, 0.29) is 12.5 Å². The van der Waals surface area contributed by atoms with E-state index in [0.717, 1.165) is 40.9 Å². The molecule has 9 heteroatoms. The number of ether oxygens (including phenoxy) is 1. The average molecular weight is 444 g/mol. The van der Waals surface area contributed by atoms with Crippen molar-refractivity contribution in [3.63, 3.8) is 0 Å². The van der Waals surface area contributed by atoms with Crippen molar-refractivity contribution in [3.05, 3.63) is 61.2 Å². The van der Waals surface area contributed by atoms with Gasteiger partial charge in [-0.05, 0) is 18.2 Å². The summed E-state index contributed by atoms with van der Waals surface area (Å²) in [4.78, 5) is 30.1. The zero-order valence-corrected chi connectivity index (χ0v) is 18.4. The molecular formula is C24H25N7O2. The first-order chi connectivity index (χ1) is 16.1. The molecular weight excluding hydrogens is 418 g/mol. The smallest absolute Gasteiger partial charge is 0.316 e. The molecule has 0 bridgehead atoms. The number of pyridine rings is 1. The zero-order chi connectivity index (χ0) is 22.8. The Morgan fingerprint density at radius 1 is 1.03 bits per heavy atom. The van der Waals surface area contributed by atoms with Gasteiger partial charge in [0.1, 0.15) is 12.2 Å². The first-order valence-electron chi connectivity index (χ1n) is 10.8. The molecule has 33 heavy (non-hydrogen) atoms. The van der Waals surface area contributed by atoms with Crippen LogP contribution in [0, 0.1) is 0 Å². The first kappa shape index (κ1) is 20.7. The molecule has 0 spiro atoms. The van der Waals surface area contributed by atoms with Crippen LogP contribution in [-0.2, 0) is 11.3 Å². The van der Waals surface area contributed by atoms with Gasteiger partial charge in [-0.25, -0.2) is 15.0 Å². The van der Waals surface area contributed by atoms with Crippen LogP contribution in [0.25, 0.3) is 22.2 Å². The van der Waals surface area contributed by atoms with Gasteiger partial charge in [-0.1, -0.05) is 18.2 Å². The summed E-state index contributed by atoms with van der Waals surface area (Å²) in [6.07, 6.45) is 7.08. The summed E-state index contributed by atoms with van der Waals surface area (Å²) in [5.41, 5.74) is 10.5. The summed E-state index contributed by atoms with van der Waals surface area (Å²) in [5, 5.41) is 0.870. The molecule has 9 nitrogen and oxygen atoms in total. The summed E-state index contributed by atoms with van der Waals surface area (Å²) < 4.78 is 6.93. The molecule has 1 saturated heterocycles. The Kier molecular flexibility index (Phi) is 5.52. The highest BCUT2D eigenvalue weighted by Crippen LogP contribution is 2.31. The lowest BCUT2D eigenvalue weighted by atomic mass is 10.1. The van der Waals surface area contributed by atoms with E-state index in [1.165, 1.54) is 0 Å². The molecule has 4 heterocycles. The van der Waals surface area contributed by atoms with E-state index in [2.05, 4.69) is 32.0 Å². The number of carbonyl (C=O) groups is 1. The highest BCUT2D eigenvalue weighted by atomic mass is 16.5. The monoisotopic (exact) mass is 443 g/mol. The SMILES string of the molecule is COc1ncc(-c2ccccc2N2CCN(C(=O)Cn3ccc4c(N)ccnc43)CC2)cn1. The predicted molar refractivity (Wildman–Crippen MR) is 127 cm³/mol. The molecule has 5 rings (SSSR count). The standard InChI is InChI=1S/C24H25N7O2/c1-33-24-27-14-17(15-28-24)18-4-2-3-5-21(18)29-10-12-30(13-11-29)22(32)16-31-9-7-19-20(25)6-8-26-23(19)31/h2-9,14-15H,10-13,16H2,1H3,(H2,25,26). The number of anilines is 2. The largest absolute Gasteiger partial charge is 0.467 e. The number of para-hydroxylation sites is 1. The quantitative estimate of drug-likeness (QED) is 0.505. The third-order valence-electron chi connectivity index (χ3n) is 6.00. The Morgan fingerprint density at radius 2 is 1.79 bits per heavy atom. The number of methoxy groups -OCH3 is 1. The minimum Gasteiger partial charge on any atom is -0.467 e. The number of benzene rings is 1. The van der Waals surface area contributed by atoms with Gasteiger partial charge in [0.2, 0.25) is 5.91 Å². The fourth-order valence-corrected chi connectivity index (χ4v) is 4.24. The Morgan fingerprint density at radius 3 is 2.55 bits per heavy atom. The molecule has 0 saturated carbocycles. The van der Waals surface area contributed by atoms with Crippen LogP contribution >= 0.6 is 0 Å². The van der Waals surface area contributed by atoms with Gasteiger partial charge in [0.05, 0.1) is 7.11 Å². The lowest BCUT2D eigenvalue weighted by molar-refractivity contribution is -0.132. The maximum atomic E-state index is 13.0. The van der Waals surface area contributed by atoms with Crippen LogP contribution in [0.4, 0.5) is 11.4 Å². The topological polar surface area (TPSA) is 102 Å². The van der Waals surface area contributed by atoms with E-state index in [0.29, 0.717) is 24.8 Å². The van der Waals surface area contributed by atoms with Gasteiger partial charge in [0.15, 0.2) is 0 Å². The van der Waals surface area contributed by atoms with E-state index in [1.54, 1.807) is 31.8 Å². The Bertz CT molecular complexity index is 1280. The van der Waals surface area contributed by atoms with Gasteiger partial charge in [0.25, 0.3) is 0 Å². The lowest BCUT2D eigenvalue weighted by Crippen LogP contribution is -2.49. The molecule has 0 radical (unpaired) electrons. The number of nitrogens with two attached hydrogens (primary N) is 1. The fourth-order valence-electron chi connectivity index (χ4n) is 4.24. The minimum absolute atomic E-state index is 0.0771. The van der Waals surface area contributed by atoms with Crippen LogP contribution < -0.4 is 15.4 Å². The number of fused-ring (bicyclic) bond motifs is 1. The molecule has 0 atom stereocenters. The molecule has 2 N–H and O–H groups in total. The van der Waals surface area contributed by atoms with Crippen molar-refractivity contribution < 1.29 is 9.53 Å². The molecule has 0 aliphatic carbocycles. The number of rotatable bonds is 5. The van der Waals surface area contributed by atoms with E-state index in [9.17, 15) is 4.79 Å². The minimum atomic E-state index is 0.0771. The highest BCUT2D eigenvalue weighted by Gasteiger charge is 2.23. The molecule has 168 valence electrons. The van der Waals surface area contributed by atoms with Crippen molar-refractivity contribution in [2.45, 2.75) is 6.54 Å². The van der Waals surface area contributed by atoms with Gasteiger partial charge >= 0.3 is 6.01 Å². The summed E-state index contributed by atoms with van der Waals surface area (Å²) in [5.74, 6) is 0.0771. The lowest BCUT2D eigenvalue weighted by Gasteiger charge is -2.37. The predicted octanol–water partition coefficient (Wildman–Crippen LogP) is 2.43. The number of hydrogen-bond acceptors (Lipinski definition) is 7. The molecule has 1 aromatic carbocycles. The van der Waals surface area contributed by atoms with Crippen LogP contribution in [-0.4, -0.2) is 63.6 Å². The van der Waals surface area contributed by atoms with Crippen LogP contribution in [0.2, 0.25) is 0 Å². The number of hydrogen-bond donors (Lipinski definition) is 1. The molecule has 1 aliphatic rings. The Labute approximate surface area is 191 Å². The van der Waals surface area contributed by atoms with Crippen LogP contribution in [0.1, 0.15) is 0 Å². The Hall–Kier alpha value is -4.14. The maximum absolute atomic E-state index is 13.0. The van der Waals surface area contributed by atoms with Gasteiger partial charge in [0, 0.05) is 78.9 Å².